The molecule has 1 aromatic carbocycles. The van der Waals surface area contributed by atoms with Crippen molar-refractivity contribution in [2.24, 2.45) is 0 Å². The predicted octanol–water partition coefficient (Wildman–Crippen LogP) is 4.55. The zero-order valence-electron chi connectivity index (χ0n) is 18.1. The van der Waals surface area contributed by atoms with Crippen molar-refractivity contribution in [3.05, 3.63) is 34.1 Å². The van der Waals surface area contributed by atoms with Gasteiger partial charge in [0.2, 0.25) is 0 Å². The summed E-state index contributed by atoms with van der Waals surface area (Å²) in [6, 6.07) is 6.61. The summed E-state index contributed by atoms with van der Waals surface area (Å²) in [5.74, 6) is 1.90. The Morgan fingerprint density at radius 3 is 2.59 bits per heavy atom. The third kappa shape index (κ3) is 4.93. The molecule has 0 amide bonds. The predicted molar refractivity (Wildman–Crippen MR) is 122 cm³/mol. The van der Waals surface area contributed by atoms with Crippen molar-refractivity contribution >= 4 is 32.9 Å². The van der Waals surface area contributed by atoms with Crippen LogP contribution < -0.4 is 5.32 Å². The van der Waals surface area contributed by atoms with E-state index in [0.29, 0.717) is 22.9 Å². The van der Waals surface area contributed by atoms with Crippen molar-refractivity contribution < 1.29 is 0 Å². The highest BCUT2D eigenvalue weighted by Gasteiger charge is 2.19. The largest absolute Gasteiger partial charge is 0.364 e. The number of fused-ring (bicyclic) bond motifs is 1. The molecule has 1 unspecified atom stereocenters. The number of hydrogen-bond donors (Lipinski definition) is 1. The third-order valence-electron chi connectivity index (χ3n) is 4.84. The van der Waals surface area contributed by atoms with Gasteiger partial charge in [-0.2, -0.15) is 4.68 Å². The van der Waals surface area contributed by atoms with E-state index < -0.39 is 0 Å². The molecule has 3 rings (SSSR count). The highest BCUT2D eigenvalue weighted by molar-refractivity contribution is 9.10. The Balaban J connectivity index is 2.03. The lowest BCUT2D eigenvalue weighted by Crippen LogP contribution is -2.32. The lowest BCUT2D eigenvalue weighted by molar-refractivity contribution is 0.373. The molecule has 0 aliphatic carbocycles. The average Bonchev–Trinajstić information content (AvgIpc) is 3.04. The van der Waals surface area contributed by atoms with Gasteiger partial charge in [-0.25, -0.2) is 9.97 Å². The molecule has 0 aliphatic rings. The number of nitrogens with zero attached hydrogens (tertiary/aromatic N) is 6. The molecule has 29 heavy (non-hydrogen) atoms. The van der Waals surface area contributed by atoms with Gasteiger partial charge in [0, 0.05) is 17.1 Å². The molecular weight excluding hydrogens is 430 g/mol. The molecule has 0 bridgehead atoms. The topological polar surface area (TPSA) is 71.8 Å². The number of likely N-dealkylation sites (N-methyl/N-ethyl adjacent to an activating group) is 1. The van der Waals surface area contributed by atoms with Crippen LogP contribution in [0, 0.1) is 6.92 Å². The monoisotopic (exact) mass is 459 g/mol. The van der Waals surface area contributed by atoms with Gasteiger partial charge < -0.3 is 10.2 Å². The van der Waals surface area contributed by atoms with Crippen LogP contribution in [0.25, 0.3) is 16.9 Å². The van der Waals surface area contributed by atoms with Crippen molar-refractivity contribution in [3.63, 3.8) is 0 Å². The molecule has 0 saturated carbocycles. The first kappa shape index (κ1) is 21.6. The number of rotatable bonds is 8. The molecule has 2 heterocycles. The second-order valence-corrected chi connectivity index (χ2v) is 8.90. The van der Waals surface area contributed by atoms with Gasteiger partial charge in [0.1, 0.15) is 5.82 Å². The zero-order valence-corrected chi connectivity index (χ0v) is 19.7. The summed E-state index contributed by atoms with van der Waals surface area (Å²) in [5.41, 5.74) is 3.58. The van der Waals surface area contributed by atoms with Crippen molar-refractivity contribution in [3.8, 4) is 5.69 Å². The van der Waals surface area contributed by atoms with Gasteiger partial charge in [0.25, 0.3) is 0 Å². The molecule has 0 radical (unpaired) electrons. The highest BCUT2D eigenvalue weighted by atomic mass is 79.9. The number of aryl methyl sites for hydroxylation is 1. The maximum absolute atomic E-state index is 4.64. The number of aromatic nitrogens is 5. The summed E-state index contributed by atoms with van der Waals surface area (Å²) in [6.07, 6.45) is 2.15. The van der Waals surface area contributed by atoms with Crippen molar-refractivity contribution in [2.45, 2.75) is 52.5 Å². The Morgan fingerprint density at radius 1 is 1.21 bits per heavy atom. The fourth-order valence-corrected chi connectivity index (χ4v) is 4.00. The molecule has 1 atom stereocenters. The fourth-order valence-electron chi connectivity index (χ4n) is 3.43. The van der Waals surface area contributed by atoms with Crippen LogP contribution in [0.5, 0.6) is 0 Å². The Kier molecular flexibility index (Phi) is 6.85. The molecule has 7 nitrogen and oxygen atoms in total. The van der Waals surface area contributed by atoms with Crippen LogP contribution in [-0.4, -0.2) is 56.5 Å². The van der Waals surface area contributed by atoms with Crippen LogP contribution in [0.1, 0.15) is 50.9 Å². The van der Waals surface area contributed by atoms with Gasteiger partial charge >= 0.3 is 0 Å². The molecule has 1 N–H and O–H groups in total. The summed E-state index contributed by atoms with van der Waals surface area (Å²) in [7, 11) is 4.17. The van der Waals surface area contributed by atoms with E-state index in [1.54, 1.807) is 4.68 Å². The minimum absolute atomic E-state index is 0.287. The molecule has 0 spiro atoms. The third-order valence-corrected chi connectivity index (χ3v) is 5.48. The fraction of sp³-hybridized carbons (Fsp3) is 0.524. The van der Waals surface area contributed by atoms with E-state index in [4.69, 9.17) is 0 Å². The minimum atomic E-state index is 0.287. The van der Waals surface area contributed by atoms with Crippen LogP contribution in [0.2, 0.25) is 0 Å². The maximum atomic E-state index is 4.64. The molecule has 3 aromatic rings. The van der Waals surface area contributed by atoms with Crippen LogP contribution in [0.15, 0.2) is 22.7 Å². The van der Waals surface area contributed by atoms with Gasteiger partial charge in [-0.15, -0.1) is 5.10 Å². The van der Waals surface area contributed by atoms with Crippen LogP contribution in [0.4, 0.5) is 5.82 Å². The number of halogens is 1. The SMILES string of the molecule is CCCC(CN(C)C)Nc1nc(C)nc2c1nnn2-c1ccc(C(C)C)cc1Br. The van der Waals surface area contributed by atoms with E-state index in [1.165, 1.54) is 5.56 Å². The second-order valence-electron chi connectivity index (χ2n) is 8.05. The van der Waals surface area contributed by atoms with Gasteiger partial charge in [-0.05, 0) is 67.0 Å². The van der Waals surface area contributed by atoms with Gasteiger partial charge in [-0.3, -0.25) is 0 Å². The Morgan fingerprint density at radius 2 is 1.97 bits per heavy atom. The normalized spacial score (nSPS) is 12.9. The average molecular weight is 460 g/mol. The number of anilines is 1. The van der Waals surface area contributed by atoms with Crippen molar-refractivity contribution in [1.82, 2.24) is 29.9 Å². The van der Waals surface area contributed by atoms with Gasteiger partial charge in [-0.1, -0.05) is 38.5 Å². The van der Waals surface area contributed by atoms with Crippen LogP contribution in [0.3, 0.4) is 0 Å². The lowest BCUT2D eigenvalue weighted by atomic mass is 10.0. The first-order valence-corrected chi connectivity index (χ1v) is 10.9. The zero-order chi connectivity index (χ0) is 21.1. The summed E-state index contributed by atoms with van der Waals surface area (Å²) in [6.45, 7) is 9.39. The van der Waals surface area contributed by atoms with Gasteiger partial charge in [0.15, 0.2) is 17.0 Å². The number of nitrogens with one attached hydrogen (secondary N) is 1. The molecular formula is C21H30BrN7. The molecule has 2 aromatic heterocycles. The summed E-state index contributed by atoms with van der Waals surface area (Å²) in [5, 5.41) is 12.4. The Bertz CT molecular complexity index is 981. The van der Waals surface area contributed by atoms with Gasteiger partial charge in [0.05, 0.1) is 5.69 Å². The Labute approximate surface area is 181 Å². The molecule has 0 saturated heterocycles. The maximum Gasteiger partial charge on any atom is 0.189 e. The first-order chi connectivity index (χ1) is 13.8. The number of hydrogen-bond acceptors (Lipinski definition) is 6. The van der Waals surface area contributed by atoms with Crippen molar-refractivity contribution in [1.29, 1.82) is 0 Å². The summed E-state index contributed by atoms with van der Waals surface area (Å²) < 4.78 is 2.75. The van der Waals surface area contributed by atoms with E-state index in [0.717, 1.165) is 35.4 Å². The van der Waals surface area contributed by atoms with E-state index in [2.05, 4.69) is 99.5 Å². The minimum Gasteiger partial charge on any atom is -0.364 e. The second kappa shape index (κ2) is 9.17. The lowest BCUT2D eigenvalue weighted by Gasteiger charge is -2.22. The molecule has 0 aliphatic heterocycles. The smallest absolute Gasteiger partial charge is 0.189 e. The van der Waals surface area contributed by atoms with Crippen LogP contribution in [-0.2, 0) is 0 Å². The number of benzene rings is 1. The highest BCUT2D eigenvalue weighted by Crippen LogP contribution is 2.28. The summed E-state index contributed by atoms with van der Waals surface area (Å²) in [4.78, 5) is 11.5. The van der Waals surface area contributed by atoms with Crippen molar-refractivity contribution in [2.75, 3.05) is 26.0 Å². The first-order valence-electron chi connectivity index (χ1n) is 10.1. The Hall–Kier alpha value is -2.06. The van der Waals surface area contributed by atoms with Crippen LogP contribution >= 0.6 is 15.9 Å². The van der Waals surface area contributed by atoms with E-state index in [9.17, 15) is 0 Å². The quantitative estimate of drug-likeness (QED) is 0.532. The van der Waals surface area contributed by atoms with E-state index in [1.807, 2.05) is 6.92 Å². The summed E-state index contributed by atoms with van der Waals surface area (Å²) >= 11 is 3.69. The van der Waals surface area contributed by atoms with E-state index >= 15 is 0 Å². The molecule has 0 fully saturated rings. The van der Waals surface area contributed by atoms with E-state index in [-0.39, 0.29) is 6.04 Å². The standard InChI is InChI=1S/C21H30BrN7/c1-7-8-16(12-28(5)6)25-20-19-21(24-14(4)23-20)29(27-26-19)18-10-9-15(13(2)3)11-17(18)22/h9-11,13,16H,7-8,12H2,1-6H3,(H,23,24,25). The molecule has 156 valence electrons. The molecule has 8 heteroatoms.